The summed E-state index contributed by atoms with van der Waals surface area (Å²) >= 11 is 0. The summed E-state index contributed by atoms with van der Waals surface area (Å²) in [7, 11) is 0. The number of hydrogen-bond acceptors (Lipinski definition) is 2. The fraction of sp³-hybridized carbons (Fsp3) is 1.00. The van der Waals surface area contributed by atoms with E-state index in [9.17, 15) is 0 Å². The van der Waals surface area contributed by atoms with Gasteiger partial charge in [0.2, 0.25) is 0 Å². The first-order chi connectivity index (χ1) is 6.18. The average Bonchev–Trinajstić information content (AvgIpc) is 2.13. The first-order valence-electron chi connectivity index (χ1n) is 5.46. The average molecular weight is 187 g/mol. The van der Waals surface area contributed by atoms with Gasteiger partial charge in [0.1, 0.15) is 0 Å². The van der Waals surface area contributed by atoms with Crippen LogP contribution in [-0.2, 0) is 4.74 Å². The molecule has 1 unspecified atom stereocenters. The van der Waals surface area contributed by atoms with Gasteiger partial charge in [-0.05, 0) is 38.1 Å². The van der Waals surface area contributed by atoms with Crippen molar-refractivity contribution < 1.29 is 4.74 Å². The number of ether oxygens (including phenoxy) is 1. The van der Waals surface area contributed by atoms with Crippen molar-refractivity contribution in [1.82, 2.24) is 0 Å². The summed E-state index contributed by atoms with van der Waals surface area (Å²) in [6, 6.07) is 0. The van der Waals surface area contributed by atoms with E-state index in [2.05, 4.69) is 13.8 Å². The zero-order valence-corrected chi connectivity index (χ0v) is 9.44. The predicted octanol–water partition coefficient (Wildman–Crippen LogP) is 2.57. The van der Waals surface area contributed by atoms with Crippen molar-refractivity contribution in [1.29, 1.82) is 0 Å². The number of hydrogen-bond donors (Lipinski definition) is 1. The molecule has 2 N–H and O–H groups in total. The fourth-order valence-electron chi connectivity index (χ4n) is 1.68. The zero-order chi connectivity index (χ0) is 10.2. The van der Waals surface area contributed by atoms with Gasteiger partial charge in [-0.2, -0.15) is 0 Å². The van der Waals surface area contributed by atoms with E-state index in [4.69, 9.17) is 10.5 Å². The second-order valence-corrected chi connectivity index (χ2v) is 4.07. The largest absolute Gasteiger partial charge is 0.382 e. The molecule has 0 fully saturated rings. The first-order valence-corrected chi connectivity index (χ1v) is 5.46. The van der Waals surface area contributed by atoms with Crippen molar-refractivity contribution in [3.8, 4) is 0 Å². The smallest absolute Gasteiger partial charge is 0.0466 e. The van der Waals surface area contributed by atoms with Crippen molar-refractivity contribution in [3.05, 3.63) is 0 Å². The number of rotatable bonds is 8. The summed E-state index contributed by atoms with van der Waals surface area (Å²) in [5.74, 6) is 0. The molecule has 0 aromatic heterocycles. The molecule has 0 rings (SSSR count). The van der Waals surface area contributed by atoms with Gasteiger partial charge in [0.05, 0.1) is 0 Å². The van der Waals surface area contributed by atoms with Gasteiger partial charge in [-0.15, -0.1) is 0 Å². The van der Waals surface area contributed by atoms with Crippen LogP contribution in [0.25, 0.3) is 0 Å². The highest BCUT2D eigenvalue weighted by atomic mass is 16.5. The summed E-state index contributed by atoms with van der Waals surface area (Å²) in [5, 5.41) is 0. The molecule has 13 heavy (non-hydrogen) atoms. The Hall–Kier alpha value is -0.0800. The van der Waals surface area contributed by atoms with E-state index in [1.165, 1.54) is 19.3 Å². The standard InChI is InChI=1S/C11H25NO/c1-4-7-11(3,10-12)8-6-9-13-5-2/h4-10,12H2,1-3H3. The minimum Gasteiger partial charge on any atom is -0.382 e. The molecule has 0 saturated carbocycles. The number of nitrogens with two attached hydrogens (primary N) is 1. The van der Waals surface area contributed by atoms with Gasteiger partial charge < -0.3 is 10.5 Å². The van der Waals surface area contributed by atoms with Crippen LogP contribution in [0.5, 0.6) is 0 Å². The molecular weight excluding hydrogens is 162 g/mol. The van der Waals surface area contributed by atoms with E-state index in [1.54, 1.807) is 0 Å². The molecule has 0 aromatic carbocycles. The lowest BCUT2D eigenvalue weighted by Gasteiger charge is -2.27. The van der Waals surface area contributed by atoms with Crippen LogP contribution < -0.4 is 5.73 Å². The van der Waals surface area contributed by atoms with Crippen LogP contribution in [-0.4, -0.2) is 19.8 Å². The second-order valence-electron chi connectivity index (χ2n) is 4.07. The molecule has 0 aromatic rings. The third kappa shape index (κ3) is 6.05. The van der Waals surface area contributed by atoms with Crippen LogP contribution in [0.1, 0.15) is 46.5 Å². The molecule has 80 valence electrons. The topological polar surface area (TPSA) is 35.2 Å². The van der Waals surface area contributed by atoms with Gasteiger partial charge in [0, 0.05) is 13.2 Å². The molecule has 0 aliphatic rings. The Morgan fingerprint density at radius 2 is 1.92 bits per heavy atom. The van der Waals surface area contributed by atoms with Gasteiger partial charge in [-0.3, -0.25) is 0 Å². The summed E-state index contributed by atoms with van der Waals surface area (Å²) in [5.41, 5.74) is 6.11. The molecule has 0 heterocycles. The van der Waals surface area contributed by atoms with Gasteiger partial charge in [0.25, 0.3) is 0 Å². The molecular formula is C11H25NO. The van der Waals surface area contributed by atoms with Crippen LogP contribution in [0.4, 0.5) is 0 Å². The van der Waals surface area contributed by atoms with E-state index in [0.717, 1.165) is 26.2 Å². The fourth-order valence-corrected chi connectivity index (χ4v) is 1.68. The second kappa shape index (κ2) is 7.34. The normalized spacial score (nSPS) is 15.7. The lowest BCUT2D eigenvalue weighted by Crippen LogP contribution is -2.27. The molecule has 0 saturated heterocycles. The summed E-state index contributed by atoms with van der Waals surface area (Å²) < 4.78 is 5.31. The van der Waals surface area contributed by atoms with E-state index >= 15 is 0 Å². The van der Waals surface area contributed by atoms with E-state index in [1.807, 2.05) is 6.92 Å². The van der Waals surface area contributed by atoms with Crippen molar-refractivity contribution in [3.63, 3.8) is 0 Å². The van der Waals surface area contributed by atoms with E-state index in [-0.39, 0.29) is 0 Å². The van der Waals surface area contributed by atoms with Gasteiger partial charge in [0.15, 0.2) is 0 Å². The van der Waals surface area contributed by atoms with Gasteiger partial charge in [-0.25, -0.2) is 0 Å². The van der Waals surface area contributed by atoms with Gasteiger partial charge in [-0.1, -0.05) is 20.3 Å². The quantitative estimate of drug-likeness (QED) is 0.593. The molecule has 0 spiro atoms. The minimum absolute atomic E-state index is 0.339. The molecule has 0 amide bonds. The monoisotopic (exact) mass is 187 g/mol. The zero-order valence-electron chi connectivity index (χ0n) is 9.44. The Kier molecular flexibility index (Phi) is 7.29. The molecule has 2 nitrogen and oxygen atoms in total. The van der Waals surface area contributed by atoms with Crippen molar-refractivity contribution in [2.24, 2.45) is 11.1 Å². The highest BCUT2D eigenvalue weighted by Crippen LogP contribution is 2.27. The predicted molar refractivity (Wildman–Crippen MR) is 57.8 cm³/mol. The van der Waals surface area contributed by atoms with Crippen LogP contribution in [0.2, 0.25) is 0 Å². The maximum absolute atomic E-state index is 5.77. The molecule has 0 aliphatic carbocycles. The lowest BCUT2D eigenvalue weighted by molar-refractivity contribution is 0.129. The Balaban J connectivity index is 3.57. The SMILES string of the molecule is CCCC(C)(CN)CCCOCC. The molecule has 1 atom stereocenters. The highest BCUT2D eigenvalue weighted by Gasteiger charge is 2.20. The van der Waals surface area contributed by atoms with Crippen molar-refractivity contribution in [2.75, 3.05) is 19.8 Å². The summed E-state index contributed by atoms with van der Waals surface area (Å²) in [6.07, 6.45) is 4.79. The van der Waals surface area contributed by atoms with Gasteiger partial charge >= 0.3 is 0 Å². The maximum Gasteiger partial charge on any atom is 0.0466 e. The van der Waals surface area contributed by atoms with Crippen LogP contribution in [0.3, 0.4) is 0 Å². The molecule has 0 radical (unpaired) electrons. The molecule has 2 heteroatoms. The third-order valence-electron chi connectivity index (χ3n) is 2.62. The van der Waals surface area contributed by atoms with E-state index < -0.39 is 0 Å². The Bertz CT molecular complexity index is 117. The molecule has 0 aliphatic heterocycles. The Morgan fingerprint density at radius 3 is 2.38 bits per heavy atom. The summed E-state index contributed by atoms with van der Waals surface area (Å²) in [6.45, 7) is 9.04. The highest BCUT2D eigenvalue weighted by molar-refractivity contribution is 4.74. The lowest BCUT2D eigenvalue weighted by atomic mass is 9.81. The minimum atomic E-state index is 0.339. The maximum atomic E-state index is 5.77. The van der Waals surface area contributed by atoms with Crippen LogP contribution in [0, 0.1) is 5.41 Å². The van der Waals surface area contributed by atoms with Crippen molar-refractivity contribution in [2.45, 2.75) is 46.5 Å². The first kappa shape index (κ1) is 12.9. The van der Waals surface area contributed by atoms with E-state index in [0.29, 0.717) is 5.41 Å². The molecule has 0 bridgehead atoms. The van der Waals surface area contributed by atoms with Crippen LogP contribution >= 0.6 is 0 Å². The van der Waals surface area contributed by atoms with Crippen molar-refractivity contribution >= 4 is 0 Å². The third-order valence-corrected chi connectivity index (χ3v) is 2.62. The Labute approximate surface area is 82.8 Å². The summed E-state index contributed by atoms with van der Waals surface area (Å²) in [4.78, 5) is 0. The Morgan fingerprint density at radius 1 is 1.23 bits per heavy atom. The van der Waals surface area contributed by atoms with Crippen LogP contribution in [0.15, 0.2) is 0 Å².